The van der Waals surface area contributed by atoms with E-state index in [1.54, 1.807) is 0 Å². The van der Waals surface area contributed by atoms with Crippen molar-refractivity contribution in [2.24, 2.45) is 0 Å². The Morgan fingerprint density at radius 1 is 0.895 bits per heavy atom. The van der Waals surface area contributed by atoms with E-state index < -0.39 is 0 Å². The van der Waals surface area contributed by atoms with E-state index in [0.29, 0.717) is 20.9 Å². The number of benzene rings is 2. The van der Waals surface area contributed by atoms with Crippen LogP contribution in [0.25, 0.3) is 0 Å². The normalized spacial score (nSPS) is 12.6. The average molecular weight is 319 g/mol. The van der Waals surface area contributed by atoms with Crippen LogP contribution >= 0.6 is 0 Å². The number of hydrogen-bond donors (Lipinski definition) is 1. The summed E-state index contributed by atoms with van der Waals surface area (Å²) < 4.78 is 1.34. The van der Waals surface area contributed by atoms with Crippen molar-refractivity contribution in [3.63, 3.8) is 0 Å². The van der Waals surface area contributed by atoms with Gasteiger partial charge in [0.25, 0.3) is 0 Å². The molecule has 0 aliphatic heterocycles. The quantitative estimate of drug-likeness (QED) is 0.839. The van der Waals surface area contributed by atoms with Crippen molar-refractivity contribution in [2.45, 2.75) is 31.2 Å². The minimum absolute atomic E-state index is 0.331. The van der Waals surface area contributed by atoms with Crippen LogP contribution in [0.2, 0.25) is 5.32 Å². The number of aliphatic hydroxyl groups excluding tert-OH is 1. The van der Waals surface area contributed by atoms with Crippen LogP contribution in [-0.4, -0.2) is 20.1 Å². The van der Waals surface area contributed by atoms with Crippen molar-refractivity contribution < 1.29 is 5.11 Å². The summed E-state index contributed by atoms with van der Waals surface area (Å²) in [5.41, 5.74) is 2.35. The standard InChI is InChI=1S/C17H20OSe/c1-13(2)14-8-10-15(11-9-14)17(18)12-19-16-6-4-3-5-7-16/h3-11,13,17-18H,12H2,1-2H3/t17-/m0/s1. The van der Waals surface area contributed by atoms with E-state index in [-0.39, 0.29) is 6.10 Å². The fourth-order valence-corrected chi connectivity index (χ4v) is 3.76. The first-order valence-electron chi connectivity index (χ1n) is 6.62. The van der Waals surface area contributed by atoms with Gasteiger partial charge in [-0.1, -0.05) is 0 Å². The molecule has 2 rings (SSSR count). The van der Waals surface area contributed by atoms with Crippen LogP contribution in [0.1, 0.15) is 37.0 Å². The Hall–Kier alpha value is -1.08. The zero-order valence-electron chi connectivity index (χ0n) is 11.4. The number of rotatable bonds is 5. The van der Waals surface area contributed by atoms with Crippen LogP contribution in [0.3, 0.4) is 0 Å². The topological polar surface area (TPSA) is 20.2 Å². The third-order valence-corrected chi connectivity index (χ3v) is 5.42. The molecule has 0 radical (unpaired) electrons. The van der Waals surface area contributed by atoms with Gasteiger partial charge in [0.15, 0.2) is 0 Å². The van der Waals surface area contributed by atoms with E-state index in [0.717, 1.165) is 10.9 Å². The SMILES string of the molecule is CC(C)c1ccc([C@@H](O)C[Se]c2ccccc2)cc1. The number of hydrogen-bond acceptors (Lipinski definition) is 1. The average Bonchev–Trinajstić information content (AvgIpc) is 2.46. The van der Waals surface area contributed by atoms with Crippen molar-refractivity contribution in [1.29, 1.82) is 0 Å². The molecule has 0 amide bonds. The van der Waals surface area contributed by atoms with Gasteiger partial charge in [0.05, 0.1) is 0 Å². The predicted octanol–water partition coefficient (Wildman–Crippen LogP) is 3.29. The third kappa shape index (κ3) is 4.21. The second-order valence-electron chi connectivity index (χ2n) is 4.96. The maximum atomic E-state index is 10.2. The Kier molecular flexibility index (Phi) is 5.21. The molecule has 2 heteroatoms. The molecule has 0 saturated carbocycles. The van der Waals surface area contributed by atoms with E-state index in [9.17, 15) is 5.11 Å². The summed E-state index contributed by atoms with van der Waals surface area (Å²) in [5, 5.41) is 11.1. The van der Waals surface area contributed by atoms with Crippen molar-refractivity contribution >= 4 is 19.4 Å². The van der Waals surface area contributed by atoms with Gasteiger partial charge in [0, 0.05) is 0 Å². The molecule has 0 aliphatic carbocycles. The van der Waals surface area contributed by atoms with Crippen LogP contribution in [0, 0.1) is 0 Å². The van der Waals surface area contributed by atoms with Gasteiger partial charge in [-0.05, 0) is 0 Å². The molecule has 0 bridgehead atoms. The first-order valence-corrected chi connectivity index (χ1v) is 8.69. The monoisotopic (exact) mass is 320 g/mol. The van der Waals surface area contributed by atoms with Crippen molar-refractivity contribution in [2.75, 3.05) is 0 Å². The fourth-order valence-electron chi connectivity index (χ4n) is 1.89. The van der Waals surface area contributed by atoms with Gasteiger partial charge in [-0.2, -0.15) is 0 Å². The Balaban J connectivity index is 1.94. The summed E-state index contributed by atoms with van der Waals surface area (Å²) in [6.07, 6.45) is -0.346. The molecule has 1 nitrogen and oxygen atoms in total. The van der Waals surface area contributed by atoms with Gasteiger partial charge in [-0.25, -0.2) is 0 Å². The summed E-state index contributed by atoms with van der Waals surface area (Å²) >= 11 is 0.331. The van der Waals surface area contributed by atoms with Gasteiger partial charge in [0.1, 0.15) is 0 Å². The second-order valence-corrected chi connectivity index (χ2v) is 7.26. The Labute approximate surface area is 121 Å². The van der Waals surface area contributed by atoms with Crippen LogP contribution in [-0.2, 0) is 0 Å². The molecule has 2 aromatic rings. The predicted molar refractivity (Wildman–Crippen MR) is 82.1 cm³/mol. The summed E-state index contributed by atoms with van der Waals surface area (Å²) in [4.78, 5) is 0. The maximum absolute atomic E-state index is 10.2. The van der Waals surface area contributed by atoms with Crippen molar-refractivity contribution in [1.82, 2.24) is 0 Å². The molecule has 1 N–H and O–H groups in total. The molecule has 0 fully saturated rings. The molecule has 100 valence electrons. The first kappa shape index (κ1) is 14.3. The van der Waals surface area contributed by atoms with Crippen LogP contribution in [0.5, 0.6) is 0 Å². The summed E-state index contributed by atoms with van der Waals surface area (Å²) in [5.74, 6) is 0.541. The van der Waals surface area contributed by atoms with Gasteiger partial charge in [0.2, 0.25) is 0 Å². The number of aliphatic hydroxyl groups is 1. The van der Waals surface area contributed by atoms with Gasteiger partial charge in [-0.3, -0.25) is 0 Å². The summed E-state index contributed by atoms with van der Waals surface area (Å²) in [7, 11) is 0. The van der Waals surface area contributed by atoms with E-state index in [1.807, 2.05) is 6.07 Å². The van der Waals surface area contributed by atoms with E-state index in [1.165, 1.54) is 10.0 Å². The van der Waals surface area contributed by atoms with Crippen LogP contribution < -0.4 is 4.46 Å². The first-order chi connectivity index (χ1) is 9.16. The van der Waals surface area contributed by atoms with E-state index >= 15 is 0 Å². The fraction of sp³-hybridized carbons (Fsp3) is 0.294. The molecule has 19 heavy (non-hydrogen) atoms. The van der Waals surface area contributed by atoms with Crippen molar-refractivity contribution in [3.05, 3.63) is 65.7 Å². The third-order valence-electron chi connectivity index (χ3n) is 3.14. The minimum atomic E-state index is -0.346. The van der Waals surface area contributed by atoms with E-state index in [4.69, 9.17) is 0 Å². The second kappa shape index (κ2) is 6.91. The molecule has 2 aromatic carbocycles. The molecule has 1 atom stereocenters. The Morgan fingerprint density at radius 2 is 1.47 bits per heavy atom. The molecular formula is C17H20OSe. The van der Waals surface area contributed by atoms with Gasteiger partial charge >= 0.3 is 121 Å². The van der Waals surface area contributed by atoms with Gasteiger partial charge in [-0.15, -0.1) is 0 Å². The van der Waals surface area contributed by atoms with E-state index in [2.05, 4.69) is 62.4 Å². The summed E-state index contributed by atoms with van der Waals surface area (Å²) in [6, 6.07) is 18.8. The molecule has 0 saturated heterocycles. The Bertz CT molecular complexity index is 490. The van der Waals surface area contributed by atoms with Crippen LogP contribution in [0.15, 0.2) is 54.6 Å². The summed E-state index contributed by atoms with van der Waals surface area (Å²) in [6.45, 7) is 4.37. The zero-order valence-corrected chi connectivity index (χ0v) is 13.1. The van der Waals surface area contributed by atoms with Crippen molar-refractivity contribution in [3.8, 4) is 0 Å². The van der Waals surface area contributed by atoms with Gasteiger partial charge < -0.3 is 0 Å². The van der Waals surface area contributed by atoms with Crippen LogP contribution in [0.4, 0.5) is 0 Å². The molecule has 0 aliphatic rings. The molecular weight excluding hydrogens is 299 g/mol. The zero-order chi connectivity index (χ0) is 13.7. The molecule has 0 spiro atoms. The molecule has 0 heterocycles. The molecule has 0 aromatic heterocycles. The Morgan fingerprint density at radius 3 is 2.05 bits per heavy atom. The molecule has 0 unspecified atom stereocenters.